The van der Waals surface area contributed by atoms with Crippen LogP contribution in [0, 0.1) is 5.41 Å². The van der Waals surface area contributed by atoms with Crippen molar-refractivity contribution < 1.29 is 9.69 Å². The SMILES string of the molecule is C[NH+](C)CC(C)(C)CNC(=O)c1ccc2c(=O)n3c(nc2c1)CCCCC3. The van der Waals surface area contributed by atoms with Gasteiger partial charge in [0.1, 0.15) is 5.82 Å². The van der Waals surface area contributed by atoms with Gasteiger partial charge in [0.05, 0.1) is 31.5 Å². The molecule has 2 N–H and O–H groups in total. The van der Waals surface area contributed by atoms with E-state index in [-0.39, 0.29) is 16.9 Å². The fourth-order valence-corrected chi connectivity index (χ4v) is 4.00. The van der Waals surface area contributed by atoms with Crippen LogP contribution in [0.3, 0.4) is 0 Å². The number of amides is 1. The molecule has 6 heteroatoms. The van der Waals surface area contributed by atoms with E-state index in [1.807, 2.05) is 0 Å². The molecule has 0 spiro atoms. The van der Waals surface area contributed by atoms with Crippen LogP contribution in [-0.4, -0.2) is 42.6 Å². The highest BCUT2D eigenvalue weighted by Gasteiger charge is 2.23. The molecule has 0 atom stereocenters. The second-order valence-electron chi connectivity index (χ2n) is 8.76. The molecule has 6 nitrogen and oxygen atoms in total. The van der Waals surface area contributed by atoms with Gasteiger partial charge in [-0.25, -0.2) is 4.98 Å². The summed E-state index contributed by atoms with van der Waals surface area (Å²) in [7, 11) is 4.22. The summed E-state index contributed by atoms with van der Waals surface area (Å²) in [5.74, 6) is 0.730. The number of rotatable bonds is 5. The lowest BCUT2D eigenvalue weighted by Gasteiger charge is -2.26. The lowest BCUT2D eigenvalue weighted by Crippen LogP contribution is -3.07. The number of aromatic nitrogens is 2. The van der Waals surface area contributed by atoms with E-state index in [0.29, 0.717) is 23.0 Å². The quantitative estimate of drug-likeness (QED) is 0.825. The molecule has 1 amide bonds. The number of benzene rings is 1. The third-order valence-corrected chi connectivity index (χ3v) is 5.14. The van der Waals surface area contributed by atoms with E-state index in [1.165, 1.54) is 4.90 Å². The van der Waals surface area contributed by atoms with Crippen LogP contribution in [0.1, 0.15) is 49.3 Å². The van der Waals surface area contributed by atoms with Crippen LogP contribution in [0.15, 0.2) is 23.0 Å². The van der Waals surface area contributed by atoms with Crippen molar-refractivity contribution in [1.82, 2.24) is 14.9 Å². The third kappa shape index (κ3) is 4.56. The summed E-state index contributed by atoms with van der Waals surface area (Å²) in [4.78, 5) is 31.5. The van der Waals surface area contributed by atoms with E-state index in [0.717, 1.165) is 44.6 Å². The highest BCUT2D eigenvalue weighted by molar-refractivity contribution is 5.97. The molecule has 0 saturated carbocycles. The van der Waals surface area contributed by atoms with Gasteiger partial charge in [-0.2, -0.15) is 0 Å². The van der Waals surface area contributed by atoms with Crippen LogP contribution in [0.25, 0.3) is 10.9 Å². The minimum Gasteiger partial charge on any atom is -0.351 e. The first-order valence-electron chi connectivity index (χ1n) is 9.87. The molecule has 2 aromatic rings. The topological polar surface area (TPSA) is 68.4 Å². The highest BCUT2D eigenvalue weighted by Crippen LogP contribution is 2.17. The van der Waals surface area contributed by atoms with Gasteiger partial charge < -0.3 is 10.2 Å². The van der Waals surface area contributed by atoms with Gasteiger partial charge in [0.2, 0.25) is 0 Å². The highest BCUT2D eigenvalue weighted by atomic mass is 16.1. The average Bonchev–Trinajstić information content (AvgIpc) is 2.84. The molecule has 1 aromatic heterocycles. The zero-order valence-corrected chi connectivity index (χ0v) is 16.9. The first-order chi connectivity index (χ1) is 12.8. The van der Waals surface area contributed by atoms with E-state index in [4.69, 9.17) is 4.98 Å². The van der Waals surface area contributed by atoms with Gasteiger partial charge in [0.15, 0.2) is 0 Å². The Labute approximate surface area is 160 Å². The Bertz CT molecular complexity index is 899. The van der Waals surface area contributed by atoms with Crippen molar-refractivity contribution >= 4 is 16.8 Å². The predicted octanol–water partition coefficient (Wildman–Crippen LogP) is 1.02. The summed E-state index contributed by atoms with van der Waals surface area (Å²) in [6.07, 6.45) is 4.02. The van der Waals surface area contributed by atoms with Crippen molar-refractivity contribution in [2.45, 2.75) is 46.1 Å². The van der Waals surface area contributed by atoms with E-state index in [2.05, 4.69) is 33.3 Å². The average molecular weight is 372 g/mol. The molecule has 0 unspecified atom stereocenters. The summed E-state index contributed by atoms with van der Waals surface area (Å²) >= 11 is 0. The number of hydrogen-bond donors (Lipinski definition) is 2. The summed E-state index contributed by atoms with van der Waals surface area (Å²) in [6, 6.07) is 5.23. The Balaban J connectivity index is 1.84. The lowest BCUT2D eigenvalue weighted by molar-refractivity contribution is -0.865. The predicted molar refractivity (Wildman–Crippen MR) is 107 cm³/mol. The van der Waals surface area contributed by atoms with Crippen molar-refractivity contribution in [3.05, 3.63) is 39.9 Å². The number of carbonyl (C=O) groups is 1. The molecule has 0 fully saturated rings. The molecule has 0 aliphatic carbocycles. The summed E-state index contributed by atoms with van der Waals surface area (Å²) in [5, 5.41) is 3.62. The first-order valence-corrected chi connectivity index (χ1v) is 9.87. The molecule has 1 aromatic carbocycles. The summed E-state index contributed by atoms with van der Waals surface area (Å²) in [6.45, 7) is 6.61. The number of aryl methyl sites for hydroxylation is 1. The Morgan fingerprint density at radius 1 is 1.26 bits per heavy atom. The molecule has 1 aliphatic rings. The zero-order chi connectivity index (χ0) is 19.6. The van der Waals surface area contributed by atoms with E-state index < -0.39 is 0 Å². The minimum atomic E-state index is -0.115. The number of nitrogens with zero attached hydrogens (tertiary/aromatic N) is 2. The number of hydrogen-bond acceptors (Lipinski definition) is 3. The van der Waals surface area contributed by atoms with Crippen molar-refractivity contribution in [3.63, 3.8) is 0 Å². The number of fused-ring (bicyclic) bond motifs is 2. The van der Waals surface area contributed by atoms with Crippen LogP contribution < -0.4 is 15.8 Å². The monoisotopic (exact) mass is 371 g/mol. The Morgan fingerprint density at radius 3 is 2.78 bits per heavy atom. The van der Waals surface area contributed by atoms with Crippen LogP contribution in [0.5, 0.6) is 0 Å². The van der Waals surface area contributed by atoms with Crippen molar-refractivity contribution in [1.29, 1.82) is 0 Å². The maximum Gasteiger partial charge on any atom is 0.261 e. The van der Waals surface area contributed by atoms with E-state index in [1.54, 1.807) is 22.8 Å². The van der Waals surface area contributed by atoms with Crippen LogP contribution in [0.2, 0.25) is 0 Å². The number of carbonyl (C=O) groups excluding carboxylic acids is 1. The van der Waals surface area contributed by atoms with Crippen molar-refractivity contribution in [2.24, 2.45) is 5.41 Å². The second-order valence-corrected chi connectivity index (χ2v) is 8.76. The van der Waals surface area contributed by atoms with Crippen LogP contribution >= 0.6 is 0 Å². The molecule has 1 aliphatic heterocycles. The van der Waals surface area contributed by atoms with Crippen molar-refractivity contribution in [2.75, 3.05) is 27.2 Å². The maximum absolute atomic E-state index is 12.8. The molecule has 0 saturated heterocycles. The van der Waals surface area contributed by atoms with Crippen LogP contribution in [0.4, 0.5) is 0 Å². The van der Waals surface area contributed by atoms with Gasteiger partial charge in [-0.3, -0.25) is 14.2 Å². The van der Waals surface area contributed by atoms with Crippen molar-refractivity contribution in [3.8, 4) is 0 Å². The zero-order valence-electron chi connectivity index (χ0n) is 16.9. The number of quaternary nitrogens is 1. The Kier molecular flexibility index (Phi) is 5.65. The molecule has 2 heterocycles. The van der Waals surface area contributed by atoms with E-state index in [9.17, 15) is 9.59 Å². The molecular weight excluding hydrogens is 340 g/mol. The standard InChI is InChI=1S/C21H30N4O2/c1-21(2,14-24(3)4)13-22-19(26)15-9-10-16-17(12-15)23-18-8-6-5-7-11-25(18)20(16)27/h9-10,12H,5-8,11,13-14H2,1-4H3,(H,22,26)/p+1. The maximum atomic E-state index is 12.8. The fraction of sp³-hybridized carbons (Fsp3) is 0.571. The molecule has 27 heavy (non-hydrogen) atoms. The molecule has 146 valence electrons. The second kappa shape index (κ2) is 7.80. The summed E-state index contributed by atoms with van der Waals surface area (Å²) < 4.78 is 1.81. The largest absolute Gasteiger partial charge is 0.351 e. The fourth-order valence-electron chi connectivity index (χ4n) is 4.00. The minimum absolute atomic E-state index is 0.0129. The smallest absolute Gasteiger partial charge is 0.261 e. The Morgan fingerprint density at radius 2 is 2.04 bits per heavy atom. The number of nitrogens with one attached hydrogen (secondary N) is 2. The van der Waals surface area contributed by atoms with Gasteiger partial charge in [-0.1, -0.05) is 20.3 Å². The molecule has 0 radical (unpaired) electrons. The van der Waals surface area contributed by atoms with E-state index >= 15 is 0 Å². The lowest BCUT2D eigenvalue weighted by atomic mass is 9.93. The van der Waals surface area contributed by atoms with Gasteiger partial charge in [-0.15, -0.1) is 0 Å². The molecular formula is C21H31N4O2+. The van der Waals surface area contributed by atoms with Crippen LogP contribution in [-0.2, 0) is 13.0 Å². The normalized spacial score (nSPS) is 14.9. The third-order valence-electron chi connectivity index (χ3n) is 5.14. The van der Waals surface area contributed by atoms with Gasteiger partial charge in [-0.05, 0) is 31.0 Å². The molecule has 0 bridgehead atoms. The van der Waals surface area contributed by atoms with Gasteiger partial charge >= 0.3 is 0 Å². The molecule has 3 rings (SSSR count). The Hall–Kier alpha value is -2.21. The van der Waals surface area contributed by atoms with Gasteiger partial charge in [0, 0.05) is 30.5 Å². The first kappa shape index (κ1) is 19.5. The summed E-state index contributed by atoms with van der Waals surface area (Å²) in [5.41, 5.74) is 1.21. The van der Waals surface area contributed by atoms with Gasteiger partial charge in [0.25, 0.3) is 11.5 Å².